The molecule has 0 fully saturated rings. The fourth-order valence-corrected chi connectivity index (χ4v) is 9.35. The Hall–Kier alpha value is -2.00. The summed E-state index contributed by atoms with van der Waals surface area (Å²) in [5.74, 6) is 0.398. The average molecular weight is 669 g/mol. The van der Waals surface area contributed by atoms with E-state index in [-0.39, 0.29) is 22.6 Å². The van der Waals surface area contributed by atoms with Gasteiger partial charge in [-0.2, -0.15) is 0 Å². The van der Waals surface area contributed by atoms with E-state index in [0.717, 1.165) is 59.1 Å². The lowest BCUT2D eigenvalue weighted by molar-refractivity contribution is -0.891. The van der Waals surface area contributed by atoms with Gasteiger partial charge in [-0.15, -0.1) is 23.5 Å². The Bertz CT molecular complexity index is 1210. The Morgan fingerprint density at radius 2 is 0.913 bits per heavy atom. The van der Waals surface area contributed by atoms with Crippen molar-refractivity contribution in [2.75, 3.05) is 67.5 Å². The molecule has 0 aromatic heterocycles. The van der Waals surface area contributed by atoms with E-state index < -0.39 is 0 Å². The van der Waals surface area contributed by atoms with Gasteiger partial charge in [0.25, 0.3) is 11.8 Å². The monoisotopic (exact) mass is 668 g/mol. The quantitative estimate of drug-likeness (QED) is 0.112. The van der Waals surface area contributed by atoms with Gasteiger partial charge in [0, 0.05) is 47.6 Å². The predicted molar refractivity (Wildman–Crippen MR) is 197 cm³/mol. The second-order valence-corrected chi connectivity index (χ2v) is 18.5. The molecule has 2 aromatic carbocycles. The highest BCUT2D eigenvalue weighted by Gasteiger charge is 2.38. The third kappa shape index (κ3) is 9.77. The van der Waals surface area contributed by atoms with E-state index in [1.807, 2.05) is 47.8 Å². The van der Waals surface area contributed by atoms with Gasteiger partial charge in [-0.25, -0.2) is 0 Å². The van der Waals surface area contributed by atoms with Crippen molar-refractivity contribution in [3.05, 3.63) is 70.8 Å². The summed E-state index contributed by atoms with van der Waals surface area (Å²) in [6, 6.07) is 16.3. The van der Waals surface area contributed by atoms with Crippen LogP contribution in [0.2, 0.25) is 0 Å². The van der Waals surface area contributed by atoms with Gasteiger partial charge in [-0.3, -0.25) is 9.59 Å². The van der Waals surface area contributed by atoms with Gasteiger partial charge in [-0.1, -0.05) is 64.1 Å². The summed E-state index contributed by atoms with van der Waals surface area (Å²) in [6.45, 7) is 15.0. The molecule has 2 unspecified atom stereocenters. The third-order valence-corrected chi connectivity index (χ3v) is 12.0. The first-order chi connectivity index (χ1) is 21.8. The minimum atomic E-state index is 0.141. The lowest BCUT2D eigenvalue weighted by atomic mass is 10.1. The molecule has 0 radical (unpaired) electrons. The van der Waals surface area contributed by atoms with Crippen molar-refractivity contribution in [3.63, 3.8) is 0 Å². The maximum absolute atomic E-state index is 13.2. The number of rotatable bonds is 19. The molecule has 0 aliphatic carbocycles. The zero-order valence-electron chi connectivity index (χ0n) is 29.8. The molecular formula is C38H60N4O2S2+2. The number of hydrogen-bond acceptors (Lipinski definition) is 4. The largest absolute Gasteiger partial charge is 0.328 e. The first-order valence-electron chi connectivity index (χ1n) is 17.5. The molecule has 46 heavy (non-hydrogen) atoms. The van der Waals surface area contributed by atoms with Crippen LogP contribution in [0, 0.1) is 0 Å². The molecule has 2 heterocycles. The molecular weight excluding hydrogens is 609 g/mol. The highest BCUT2D eigenvalue weighted by Crippen LogP contribution is 2.44. The average Bonchev–Trinajstić information content (AvgIpc) is 3.40. The van der Waals surface area contributed by atoms with E-state index in [0.29, 0.717) is 10.5 Å². The van der Waals surface area contributed by atoms with Gasteiger partial charge in [0.1, 0.15) is 10.7 Å². The summed E-state index contributed by atoms with van der Waals surface area (Å²) in [4.78, 5) is 30.6. The number of quaternary nitrogens is 2. The third-order valence-electron chi connectivity index (χ3n) is 9.41. The van der Waals surface area contributed by atoms with Crippen LogP contribution in [0.25, 0.3) is 0 Å². The number of unbranched alkanes of at least 4 members (excludes halogenated alkanes) is 3. The van der Waals surface area contributed by atoms with Crippen molar-refractivity contribution in [2.45, 2.75) is 87.5 Å². The van der Waals surface area contributed by atoms with Crippen molar-refractivity contribution < 1.29 is 18.6 Å². The number of carbonyl (C=O) groups excluding carboxylic acids is 2. The summed E-state index contributed by atoms with van der Waals surface area (Å²) in [5.41, 5.74) is 4.14. The van der Waals surface area contributed by atoms with Gasteiger partial charge in [0.2, 0.25) is 0 Å². The maximum Gasteiger partial charge on any atom is 0.255 e. The maximum atomic E-state index is 13.2. The number of benzene rings is 2. The lowest BCUT2D eigenvalue weighted by Gasteiger charge is -2.32. The molecule has 0 N–H and O–H groups in total. The highest BCUT2D eigenvalue weighted by atomic mass is 32.2. The van der Waals surface area contributed by atoms with E-state index in [1.165, 1.54) is 49.9 Å². The summed E-state index contributed by atoms with van der Waals surface area (Å²) < 4.78 is 2.02. The van der Waals surface area contributed by atoms with Gasteiger partial charge >= 0.3 is 0 Å². The van der Waals surface area contributed by atoms with Crippen LogP contribution in [0.15, 0.2) is 48.5 Å². The summed E-state index contributed by atoms with van der Waals surface area (Å²) in [7, 11) is 9.37. The van der Waals surface area contributed by atoms with Crippen LogP contribution in [0.3, 0.4) is 0 Å². The minimum Gasteiger partial charge on any atom is -0.328 e. The van der Waals surface area contributed by atoms with Crippen molar-refractivity contribution in [1.82, 2.24) is 9.80 Å². The lowest BCUT2D eigenvalue weighted by Crippen LogP contribution is -2.43. The second kappa shape index (κ2) is 16.4. The molecule has 254 valence electrons. The molecule has 2 amide bonds. The van der Waals surface area contributed by atoms with E-state index in [4.69, 9.17) is 0 Å². The van der Waals surface area contributed by atoms with Crippen LogP contribution < -0.4 is 0 Å². The molecule has 2 aromatic rings. The van der Waals surface area contributed by atoms with Crippen LogP contribution in [0.1, 0.15) is 109 Å². The second-order valence-electron chi connectivity index (χ2n) is 15.1. The van der Waals surface area contributed by atoms with Gasteiger partial charge in [0.15, 0.2) is 0 Å². The molecule has 0 saturated heterocycles. The number of carbonyl (C=O) groups is 2. The zero-order valence-corrected chi connectivity index (χ0v) is 31.5. The number of thioether (sulfide) groups is 2. The predicted octanol–water partition coefficient (Wildman–Crippen LogP) is 8.07. The fourth-order valence-electron chi connectivity index (χ4n) is 6.91. The normalized spacial score (nSPS) is 18.3. The van der Waals surface area contributed by atoms with Gasteiger partial charge in [0.05, 0.1) is 54.4 Å². The Morgan fingerprint density at radius 1 is 0.565 bits per heavy atom. The summed E-state index contributed by atoms with van der Waals surface area (Å²) >= 11 is 3.78. The summed E-state index contributed by atoms with van der Waals surface area (Å²) in [6.07, 6.45) is 7.07. The van der Waals surface area contributed by atoms with Crippen LogP contribution in [-0.2, 0) is 0 Å². The van der Waals surface area contributed by atoms with Crippen molar-refractivity contribution in [2.24, 2.45) is 0 Å². The number of hydrogen-bond donors (Lipinski definition) is 0. The van der Waals surface area contributed by atoms with E-state index in [9.17, 15) is 9.59 Å². The standard InChI is InChI=1S/C38H60N4O2S2/c1-29(2)45-37-33-21-13-11-19-31(33)35(43)39(37)23-17-27-41(5,6)25-15-9-10-16-26-42(7,8)28-18-24-40-36(44)32-20-12-14-22-34(32)38(40)46-30(3)4/h11-14,19-22,29-30,37-38H,9-10,15-18,23-28H2,1-8H3/q+2. The molecule has 0 spiro atoms. The Balaban J connectivity index is 1.12. The van der Waals surface area contributed by atoms with Crippen molar-refractivity contribution >= 4 is 35.3 Å². The summed E-state index contributed by atoms with van der Waals surface area (Å²) in [5, 5.41) is 1.23. The first-order valence-corrected chi connectivity index (χ1v) is 19.4. The van der Waals surface area contributed by atoms with Crippen LogP contribution in [0.4, 0.5) is 0 Å². The van der Waals surface area contributed by atoms with Gasteiger partial charge in [-0.05, 0) is 48.9 Å². The number of fused-ring (bicyclic) bond motifs is 2. The van der Waals surface area contributed by atoms with Crippen molar-refractivity contribution in [1.29, 1.82) is 0 Å². The van der Waals surface area contributed by atoms with Crippen molar-refractivity contribution in [3.8, 4) is 0 Å². The Kier molecular flexibility index (Phi) is 13.1. The van der Waals surface area contributed by atoms with Gasteiger partial charge < -0.3 is 18.8 Å². The van der Waals surface area contributed by atoms with Crippen LogP contribution in [0.5, 0.6) is 0 Å². The van der Waals surface area contributed by atoms with Crippen LogP contribution in [-0.4, -0.2) is 109 Å². The minimum absolute atomic E-state index is 0.141. The van der Waals surface area contributed by atoms with Crippen LogP contribution >= 0.6 is 23.5 Å². The fraction of sp³-hybridized carbons (Fsp3) is 0.632. The topological polar surface area (TPSA) is 40.6 Å². The smallest absolute Gasteiger partial charge is 0.255 e. The molecule has 6 nitrogen and oxygen atoms in total. The molecule has 2 atom stereocenters. The number of nitrogens with zero attached hydrogens (tertiary/aromatic N) is 4. The van der Waals surface area contributed by atoms with E-state index >= 15 is 0 Å². The Labute approximate surface area is 288 Å². The molecule has 2 aliphatic heterocycles. The van der Waals surface area contributed by atoms with E-state index in [2.05, 4.69) is 90.0 Å². The first kappa shape index (κ1) is 36.8. The molecule has 0 saturated carbocycles. The number of amides is 2. The molecule has 8 heteroatoms. The highest BCUT2D eigenvalue weighted by molar-refractivity contribution is 8.00. The zero-order chi connectivity index (χ0) is 33.5. The molecule has 2 aliphatic rings. The van der Waals surface area contributed by atoms with E-state index in [1.54, 1.807) is 0 Å². The molecule has 0 bridgehead atoms. The Morgan fingerprint density at radius 3 is 1.28 bits per heavy atom. The molecule has 4 rings (SSSR count). The SMILES string of the molecule is CC(C)SC1c2ccccc2C(=O)N1CCC[N+](C)(C)CCCCCC[N+](C)(C)CCCN1C(=O)c2ccccc2C1SC(C)C.